The average molecular weight is 402 g/mol. The third kappa shape index (κ3) is 5.36. The van der Waals surface area contributed by atoms with Crippen molar-refractivity contribution in [2.75, 3.05) is 0 Å². The van der Waals surface area contributed by atoms with Gasteiger partial charge in [0, 0.05) is 23.3 Å². The van der Waals surface area contributed by atoms with Crippen molar-refractivity contribution in [3.8, 4) is 34.1 Å². The summed E-state index contributed by atoms with van der Waals surface area (Å²) in [4.78, 5) is 22.2. The lowest BCUT2D eigenvalue weighted by atomic mass is 10.1. The van der Waals surface area contributed by atoms with E-state index in [0.717, 1.165) is 29.5 Å². The van der Waals surface area contributed by atoms with Gasteiger partial charge in [0.15, 0.2) is 0 Å². The van der Waals surface area contributed by atoms with Gasteiger partial charge in [-0.2, -0.15) is 0 Å². The van der Waals surface area contributed by atoms with Crippen molar-refractivity contribution in [3.05, 3.63) is 98.5 Å². The highest BCUT2D eigenvalue weighted by Crippen LogP contribution is 2.30. The van der Waals surface area contributed by atoms with Crippen molar-refractivity contribution >= 4 is 11.9 Å². The maximum absolute atomic E-state index is 11.2. The first-order valence-electron chi connectivity index (χ1n) is 8.88. The van der Waals surface area contributed by atoms with Gasteiger partial charge < -0.3 is 18.6 Å². The Bertz CT molecular complexity index is 1070. The second-order valence-corrected chi connectivity index (χ2v) is 5.87. The van der Waals surface area contributed by atoms with Gasteiger partial charge in [-0.15, -0.1) is 0 Å². The first kappa shape index (κ1) is 20.4. The van der Waals surface area contributed by atoms with E-state index in [1.54, 1.807) is 36.4 Å². The number of carbonyl (C=O) groups is 2. The van der Waals surface area contributed by atoms with Crippen LogP contribution in [-0.4, -0.2) is 11.9 Å². The third-order valence-corrected chi connectivity index (χ3v) is 3.88. The molecule has 1 aromatic heterocycles. The zero-order chi connectivity index (χ0) is 21.3. The largest absolute Gasteiger partial charge is 0.462 e. The van der Waals surface area contributed by atoms with Crippen LogP contribution in [-0.2, 0) is 14.3 Å². The Balaban J connectivity index is 1.64. The molecule has 0 saturated heterocycles. The summed E-state index contributed by atoms with van der Waals surface area (Å²) >= 11 is 0. The van der Waals surface area contributed by atoms with Gasteiger partial charge in [0.05, 0.1) is 0 Å². The van der Waals surface area contributed by atoms with Crippen molar-refractivity contribution in [1.82, 2.24) is 0 Å². The topological polar surface area (TPSA) is 75.0 Å². The summed E-state index contributed by atoms with van der Waals surface area (Å²) in [5.41, 5.74) is 1.71. The van der Waals surface area contributed by atoms with Crippen LogP contribution < -0.4 is 9.47 Å². The molecule has 0 bridgehead atoms. The molecular weight excluding hydrogens is 384 g/mol. The Labute approximate surface area is 173 Å². The van der Waals surface area contributed by atoms with Crippen LogP contribution in [0.25, 0.3) is 22.6 Å². The van der Waals surface area contributed by atoms with E-state index in [0.29, 0.717) is 23.0 Å². The number of ether oxygens (including phenoxy) is 3. The van der Waals surface area contributed by atoms with Gasteiger partial charge in [0.25, 0.3) is 0 Å². The fraction of sp³-hybridized carbons (Fsp3) is 0. The Morgan fingerprint density at radius 2 is 1.23 bits per heavy atom. The van der Waals surface area contributed by atoms with Crippen molar-refractivity contribution in [2.45, 2.75) is 0 Å². The lowest BCUT2D eigenvalue weighted by Crippen LogP contribution is -2.02. The smallest absolute Gasteiger partial charge is 0.335 e. The first-order chi connectivity index (χ1) is 14.6. The summed E-state index contributed by atoms with van der Waals surface area (Å²) in [6, 6.07) is 17.9. The summed E-state index contributed by atoms with van der Waals surface area (Å²) in [6.07, 6.45) is 4.57. The summed E-state index contributed by atoms with van der Waals surface area (Å²) in [6.45, 7) is 6.66. The lowest BCUT2D eigenvalue weighted by molar-refractivity contribution is -0.132. The molecule has 1 heterocycles. The Morgan fingerprint density at radius 3 is 1.77 bits per heavy atom. The van der Waals surface area contributed by atoms with Crippen molar-refractivity contribution in [1.29, 1.82) is 0 Å². The molecule has 0 aliphatic heterocycles. The number of hydrogen-bond acceptors (Lipinski definition) is 6. The van der Waals surface area contributed by atoms with E-state index >= 15 is 0 Å². The molecule has 2 aromatic carbocycles. The molecule has 3 aromatic rings. The molecule has 0 fully saturated rings. The number of hydrogen-bond donors (Lipinski definition) is 0. The van der Waals surface area contributed by atoms with E-state index in [-0.39, 0.29) is 0 Å². The lowest BCUT2D eigenvalue weighted by Gasteiger charge is -2.03. The molecule has 150 valence electrons. The first-order valence-corrected chi connectivity index (χ1v) is 8.88. The summed E-state index contributed by atoms with van der Waals surface area (Å²) < 4.78 is 21.0. The van der Waals surface area contributed by atoms with Crippen LogP contribution >= 0.6 is 0 Å². The van der Waals surface area contributed by atoms with Gasteiger partial charge in [0.1, 0.15) is 35.5 Å². The van der Waals surface area contributed by atoms with Crippen molar-refractivity contribution in [3.63, 3.8) is 0 Å². The maximum atomic E-state index is 11.2. The molecule has 0 amide bonds. The highest BCUT2D eigenvalue weighted by Gasteiger charge is 2.08. The third-order valence-electron chi connectivity index (χ3n) is 3.88. The summed E-state index contributed by atoms with van der Waals surface area (Å²) in [7, 11) is 0. The highest BCUT2D eigenvalue weighted by molar-refractivity contribution is 5.83. The normalized spacial score (nSPS) is 10.4. The quantitative estimate of drug-likeness (QED) is 0.221. The minimum Gasteiger partial charge on any atom is -0.462 e. The predicted octanol–water partition coefficient (Wildman–Crippen LogP) is 5.28. The monoisotopic (exact) mass is 402 g/mol. The summed E-state index contributed by atoms with van der Waals surface area (Å²) in [5.74, 6) is 1.29. The van der Waals surface area contributed by atoms with E-state index in [9.17, 15) is 9.59 Å². The molecule has 6 nitrogen and oxygen atoms in total. The van der Waals surface area contributed by atoms with Crippen LogP contribution in [0.1, 0.15) is 0 Å². The van der Waals surface area contributed by atoms with Gasteiger partial charge in [0.2, 0.25) is 0 Å². The molecule has 0 spiro atoms. The number of carbonyl (C=O) groups excluding carboxylic acids is 2. The minimum atomic E-state index is -0.564. The molecule has 0 aliphatic carbocycles. The molecule has 0 atom stereocenters. The van der Waals surface area contributed by atoms with Crippen LogP contribution in [0.4, 0.5) is 0 Å². The zero-order valence-electron chi connectivity index (χ0n) is 15.9. The molecule has 6 heteroatoms. The van der Waals surface area contributed by atoms with E-state index < -0.39 is 11.9 Å². The van der Waals surface area contributed by atoms with Crippen LogP contribution in [0.3, 0.4) is 0 Å². The minimum absolute atomic E-state index is 0.430. The molecular formula is C24H18O6. The molecule has 0 N–H and O–H groups in total. The molecule has 30 heavy (non-hydrogen) atoms. The second-order valence-electron chi connectivity index (χ2n) is 5.87. The van der Waals surface area contributed by atoms with Crippen LogP contribution in [0.5, 0.6) is 11.5 Å². The van der Waals surface area contributed by atoms with Gasteiger partial charge in [-0.05, 0) is 60.7 Å². The van der Waals surface area contributed by atoms with Crippen molar-refractivity contribution in [2.24, 2.45) is 0 Å². The highest BCUT2D eigenvalue weighted by atomic mass is 16.5. The van der Waals surface area contributed by atoms with Gasteiger partial charge in [-0.1, -0.05) is 13.2 Å². The van der Waals surface area contributed by atoms with Crippen LogP contribution in [0, 0.1) is 0 Å². The molecule has 0 aliphatic rings. The maximum Gasteiger partial charge on any atom is 0.335 e. The van der Waals surface area contributed by atoms with Gasteiger partial charge in [-0.25, -0.2) is 9.59 Å². The van der Waals surface area contributed by atoms with Gasteiger partial charge in [-0.3, -0.25) is 0 Å². The second kappa shape index (κ2) is 9.75. The van der Waals surface area contributed by atoms with Crippen LogP contribution in [0.2, 0.25) is 0 Å². The fourth-order valence-electron chi connectivity index (χ4n) is 2.44. The van der Waals surface area contributed by atoms with Crippen LogP contribution in [0.15, 0.2) is 103 Å². The number of furan rings is 1. The molecule has 0 saturated carbocycles. The van der Waals surface area contributed by atoms with Crippen molar-refractivity contribution < 1.29 is 28.2 Å². The molecule has 0 radical (unpaired) electrons. The predicted molar refractivity (Wildman–Crippen MR) is 111 cm³/mol. The van der Waals surface area contributed by atoms with E-state index in [1.165, 1.54) is 6.26 Å². The Kier molecular flexibility index (Phi) is 6.63. The van der Waals surface area contributed by atoms with E-state index in [4.69, 9.17) is 13.9 Å². The van der Waals surface area contributed by atoms with E-state index in [1.807, 2.05) is 24.3 Å². The zero-order valence-corrected chi connectivity index (χ0v) is 15.9. The SMILES string of the molecule is C=CC(=O)OC=COc1ccc(-c2ccc(-c3ccc(OC(=O)C=C)cc3)o2)cc1. The standard InChI is InChI=1S/C24H18O6/c1-3-23(25)28-16-15-27-19-9-5-17(6-10-19)21-13-14-22(30-21)18-7-11-20(12-8-18)29-24(26)4-2/h3-16H,1-2H2. The van der Waals surface area contributed by atoms with E-state index in [2.05, 4.69) is 17.9 Å². The number of esters is 2. The Morgan fingerprint density at radius 1 is 0.700 bits per heavy atom. The fourth-order valence-corrected chi connectivity index (χ4v) is 2.44. The van der Waals surface area contributed by atoms with Gasteiger partial charge >= 0.3 is 11.9 Å². The number of rotatable bonds is 8. The Hall–Kier alpha value is -4.32. The average Bonchev–Trinajstić information content (AvgIpc) is 3.27. The molecule has 3 rings (SSSR count). The summed E-state index contributed by atoms with van der Waals surface area (Å²) in [5, 5.41) is 0. The number of benzene rings is 2. The molecule has 0 unspecified atom stereocenters.